The Morgan fingerprint density at radius 3 is 2.95 bits per heavy atom. The quantitative estimate of drug-likeness (QED) is 0.724. The van der Waals surface area contributed by atoms with Gasteiger partial charge in [-0.2, -0.15) is 5.10 Å². The summed E-state index contributed by atoms with van der Waals surface area (Å²) in [4.78, 5) is 0. The van der Waals surface area contributed by atoms with Crippen LogP contribution < -0.4 is 4.74 Å². The topological polar surface area (TPSA) is 27.1 Å². The van der Waals surface area contributed by atoms with Crippen molar-refractivity contribution in [2.75, 3.05) is 0 Å². The molecule has 0 amide bonds. The van der Waals surface area contributed by atoms with Gasteiger partial charge in [-0.3, -0.25) is 4.68 Å². The maximum Gasteiger partial charge on any atom is 0.130 e. The van der Waals surface area contributed by atoms with Crippen molar-refractivity contribution in [3.8, 4) is 5.75 Å². The Bertz CT molecular complexity index is 732. The van der Waals surface area contributed by atoms with E-state index in [2.05, 4.69) is 5.10 Å². The second-order valence-corrected chi connectivity index (χ2v) is 5.78. The zero-order chi connectivity index (χ0) is 13.4. The van der Waals surface area contributed by atoms with Crippen LogP contribution in [0.3, 0.4) is 0 Å². The number of fused-ring (bicyclic) bond motifs is 1. The van der Waals surface area contributed by atoms with Gasteiger partial charge in [0.15, 0.2) is 0 Å². The lowest BCUT2D eigenvalue weighted by molar-refractivity contribution is 0.295. The van der Waals surface area contributed by atoms with E-state index in [1.54, 1.807) is 11.3 Å². The number of ether oxygens (including phenoxy) is 1. The minimum Gasteiger partial charge on any atom is -0.487 e. The van der Waals surface area contributed by atoms with Crippen LogP contribution in [0.25, 0.3) is 10.1 Å². The van der Waals surface area contributed by atoms with Crippen molar-refractivity contribution in [3.63, 3.8) is 0 Å². The van der Waals surface area contributed by atoms with Crippen LogP contribution in [0.1, 0.15) is 11.4 Å². The Hall–Kier alpha value is -1.52. The van der Waals surface area contributed by atoms with Crippen molar-refractivity contribution in [2.24, 2.45) is 7.05 Å². The summed E-state index contributed by atoms with van der Waals surface area (Å²) < 4.78 is 8.78. The average molecular weight is 293 g/mol. The van der Waals surface area contributed by atoms with E-state index in [0.717, 1.165) is 32.2 Å². The third kappa shape index (κ3) is 2.46. The lowest BCUT2D eigenvalue weighted by atomic mass is 10.2. The van der Waals surface area contributed by atoms with Crippen LogP contribution in [0, 0.1) is 6.92 Å². The Kier molecular flexibility index (Phi) is 3.21. The first-order chi connectivity index (χ1) is 9.13. The third-order valence-electron chi connectivity index (χ3n) is 2.98. The molecule has 0 aliphatic rings. The molecule has 98 valence electrons. The number of nitrogens with zero attached hydrogens (tertiary/aromatic N) is 2. The highest BCUT2D eigenvalue weighted by atomic mass is 35.5. The van der Waals surface area contributed by atoms with Gasteiger partial charge in [-0.1, -0.05) is 11.6 Å². The van der Waals surface area contributed by atoms with Crippen molar-refractivity contribution in [2.45, 2.75) is 13.5 Å². The van der Waals surface area contributed by atoms with Gasteiger partial charge in [-0.25, -0.2) is 0 Å². The van der Waals surface area contributed by atoms with Crippen molar-refractivity contribution < 1.29 is 4.74 Å². The van der Waals surface area contributed by atoms with Gasteiger partial charge in [-0.05, 0) is 36.6 Å². The molecule has 0 aliphatic heterocycles. The summed E-state index contributed by atoms with van der Waals surface area (Å²) in [7, 11) is 1.92. The number of hydrogen-bond acceptors (Lipinski definition) is 3. The first-order valence-corrected chi connectivity index (χ1v) is 7.18. The van der Waals surface area contributed by atoms with Crippen LogP contribution in [0.5, 0.6) is 5.75 Å². The maximum atomic E-state index is 6.23. The van der Waals surface area contributed by atoms with E-state index >= 15 is 0 Å². The van der Waals surface area contributed by atoms with Crippen molar-refractivity contribution in [1.82, 2.24) is 9.78 Å². The molecule has 0 N–H and O–H groups in total. The first-order valence-electron chi connectivity index (χ1n) is 5.92. The zero-order valence-corrected chi connectivity index (χ0v) is 12.3. The molecule has 3 aromatic rings. The monoisotopic (exact) mass is 292 g/mol. The van der Waals surface area contributed by atoms with E-state index in [4.69, 9.17) is 16.3 Å². The summed E-state index contributed by atoms with van der Waals surface area (Å²) in [5, 5.41) is 8.14. The maximum absolute atomic E-state index is 6.23. The molecule has 3 rings (SSSR count). The molecular formula is C14H13ClN2OS. The van der Waals surface area contributed by atoms with E-state index in [0.29, 0.717) is 6.61 Å². The van der Waals surface area contributed by atoms with Gasteiger partial charge >= 0.3 is 0 Å². The normalized spacial score (nSPS) is 11.1. The molecule has 0 aliphatic carbocycles. The molecule has 0 fully saturated rings. The number of aryl methyl sites for hydroxylation is 2. The van der Waals surface area contributed by atoms with Crippen molar-refractivity contribution >= 4 is 33.0 Å². The van der Waals surface area contributed by atoms with E-state index in [1.807, 2.05) is 48.3 Å². The van der Waals surface area contributed by atoms with Gasteiger partial charge < -0.3 is 4.74 Å². The number of halogens is 1. The Balaban J connectivity index is 1.83. The molecule has 2 aromatic heterocycles. The largest absolute Gasteiger partial charge is 0.487 e. The predicted molar refractivity (Wildman–Crippen MR) is 79.1 cm³/mol. The summed E-state index contributed by atoms with van der Waals surface area (Å²) in [6.07, 6.45) is 0. The predicted octanol–water partition coefficient (Wildman–Crippen LogP) is 4.18. The Morgan fingerprint density at radius 2 is 2.21 bits per heavy atom. The highest BCUT2D eigenvalue weighted by Crippen LogP contribution is 2.32. The van der Waals surface area contributed by atoms with Crippen LogP contribution in [0.2, 0.25) is 5.02 Å². The zero-order valence-electron chi connectivity index (χ0n) is 10.7. The molecule has 2 heterocycles. The van der Waals surface area contributed by atoms with Crippen LogP contribution in [0.15, 0.2) is 29.6 Å². The van der Waals surface area contributed by atoms with Crippen LogP contribution in [-0.2, 0) is 13.7 Å². The summed E-state index contributed by atoms with van der Waals surface area (Å²) in [5.74, 6) is 0.791. The Morgan fingerprint density at radius 1 is 1.37 bits per heavy atom. The van der Waals surface area contributed by atoms with Crippen LogP contribution >= 0.6 is 22.9 Å². The third-order valence-corrected chi connectivity index (χ3v) is 4.16. The highest BCUT2D eigenvalue weighted by Gasteiger charge is 2.06. The van der Waals surface area contributed by atoms with Crippen LogP contribution in [0.4, 0.5) is 0 Å². The lowest BCUT2D eigenvalue weighted by Crippen LogP contribution is -2.02. The Labute approximate surface area is 120 Å². The first kappa shape index (κ1) is 12.5. The molecular weight excluding hydrogens is 280 g/mol. The van der Waals surface area contributed by atoms with Gasteiger partial charge in [0, 0.05) is 17.1 Å². The summed E-state index contributed by atoms with van der Waals surface area (Å²) in [6.45, 7) is 2.46. The smallest absolute Gasteiger partial charge is 0.130 e. The molecule has 0 bridgehead atoms. The van der Waals surface area contributed by atoms with Crippen LogP contribution in [-0.4, -0.2) is 9.78 Å². The van der Waals surface area contributed by atoms with E-state index in [1.165, 1.54) is 0 Å². The molecule has 3 nitrogen and oxygen atoms in total. The fourth-order valence-corrected chi connectivity index (χ4v) is 3.21. The minimum absolute atomic E-state index is 0.491. The highest BCUT2D eigenvalue weighted by molar-refractivity contribution is 7.17. The molecule has 0 spiro atoms. The number of thiophene rings is 1. The van der Waals surface area contributed by atoms with Gasteiger partial charge in [0.05, 0.1) is 16.4 Å². The molecule has 0 saturated heterocycles. The number of rotatable bonds is 3. The SMILES string of the molecule is Cc1cc(COc2cc(Cl)c3ccsc3c2)n(C)n1. The van der Waals surface area contributed by atoms with Crippen molar-refractivity contribution in [3.05, 3.63) is 46.1 Å². The fourth-order valence-electron chi connectivity index (χ4n) is 2.04. The molecule has 0 atom stereocenters. The van der Waals surface area contributed by atoms with E-state index in [9.17, 15) is 0 Å². The van der Waals surface area contributed by atoms with E-state index in [-0.39, 0.29) is 0 Å². The molecule has 1 aromatic carbocycles. The van der Waals surface area contributed by atoms with E-state index < -0.39 is 0 Å². The number of benzene rings is 1. The molecule has 0 radical (unpaired) electrons. The fraction of sp³-hybridized carbons (Fsp3) is 0.214. The molecule has 19 heavy (non-hydrogen) atoms. The average Bonchev–Trinajstić information content (AvgIpc) is 2.93. The molecule has 5 heteroatoms. The van der Waals surface area contributed by atoms with Gasteiger partial charge in [0.1, 0.15) is 12.4 Å². The second kappa shape index (κ2) is 4.87. The number of aromatic nitrogens is 2. The number of hydrogen-bond donors (Lipinski definition) is 0. The summed E-state index contributed by atoms with van der Waals surface area (Å²) in [6, 6.07) is 7.93. The summed E-state index contributed by atoms with van der Waals surface area (Å²) in [5.41, 5.74) is 2.03. The van der Waals surface area contributed by atoms with Gasteiger partial charge in [-0.15, -0.1) is 11.3 Å². The second-order valence-electron chi connectivity index (χ2n) is 4.43. The summed E-state index contributed by atoms with van der Waals surface area (Å²) >= 11 is 7.89. The van der Waals surface area contributed by atoms with Gasteiger partial charge in [0.25, 0.3) is 0 Å². The minimum atomic E-state index is 0.491. The standard InChI is InChI=1S/C14H13ClN2OS/c1-9-5-10(17(2)16-9)8-18-11-6-13(15)12-3-4-19-14(12)7-11/h3-7H,8H2,1-2H3. The lowest BCUT2D eigenvalue weighted by Gasteiger charge is -2.07. The van der Waals surface area contributed by atoms with Gasteiger partial charge in [0.2, 0.25) is 0 Å². The van der Waals surface area contributed by atoms with Crippen molar-refractivity contribution in [1.29, 1.82) is 0 Å². The molecule has 0 unspecified atom stereocenters. The molecule has 0 saturated carbocycles.